The summed E-state index contributed by atoms with van der Waals surface area (Å²) in [6.45, 7) is 3.32. The number of nitrogens with zero attached hydrogens (tertiary/aromatic N) is 1. The van der Waals surface area contributed by atoms with Crippen LogP contribution in [0.3, 0.4) is 0 Å². The maximum absolute atomic E-state index is 12.6. The largest absolute Gasteiger partial charge is 0.378 e. The number of hydrogen-bond donors (Lipinski definition) is 1. The van der Waals surface area contributed by atoms with Gasteiger partial charge in [-0.3, -0.25) is 4.79 Å². The van der Waals surface area contributed by atoms with E-state index in [4.69, 9.17) is 4.74 Å². The number of hydrogen-bond acceptors (Lipinski definition) is 3. The Kier molecular flexibility index (Phi) is 4.94. The molecule has 0 aromatic rings. The van der Waals surface area contributed by atoms with Gasteiger partial charge in [0.05, 0.1) is 13.2 Å². The summed E-state index contributed by atoms with van der Waals surface area (Å²) in [4.78, 5) is 14.8. The molecule has 2 atom stereocenters. The topological polar surface area (TPSA) is 41.6 Å². The lowest BCUT2D eigenvalue weighted by Gasteiger charge is -2.35. The number of amides is 1. The molecule has 3 aliphatic rings. The van der Waals surface area contributed by atoms with Gasteiger partial charge in [0, 0.05) is 31.6 Å². The van der Waals surface area contributed by atoms with Gasteiger partial charge in [-0.1, -0.05) is 19.3 Å². The summed E-state index contributed by atoms with van der Waals surface area (Å²) in [7, 11) is 0. The predicted molar refractivity (Wildman–Crippen MR) is 78.5 cm³/mol. The summed E-state index contributed by atoms with van der Waals surface area (Å²) in [5.74, 6) is 1.12. The number of ether oxygens (including phenoxy) is 1. The van der Waals surface area contributed by atoms with Crippen LogP contribution in [0.4, 0.5) is 0 Å². The Labute approximate surface area is 122 Å². The first kappa shape index (κ1) is 14.3. The van der Waals surface area contributed by atoms with Gasteiger partial charge in [0.25, 0.3) is 0 Å². The highest BCUT2D eigenvalue weighted by Crippen LogP contribution is 2.34. The van der Waals surface area contributed by atoms with Gasteiger partial charge in [0.2, 0.25) is 5.91 Å². The van der Waals surface area contributed by atoms with Crippen LogP contribution in [0.15, 0.2) is 0 Å². The molecular weight excluding hydrogens is 252 g/mol. The van der Waals surface area contributed by atoms with Gasteiger partial charge >= 0.3 is 0 Å². The summed E-state index contributed by atoms with van der Waals surface area (Å²) in [6.07, 6.45) is 9.82. The molecule has 0 bridgehead atoms. The van der Waals surface area contributed by atoms with Crippen LogP contribution in [-0.4, -0.2) is 49.2 Å². The first-order chi connectivity index (χ1) is 9.84. The zero-order valence-electron chi connectivity index (χ0n) is 12.5. The average molecular weight is 280 g/mol. The van der Waals surface area contributed by atoms with E-state index in [0.717, 1.165) is 25.6 Å². The highest BCUT2D eigenvalue weighted by molar-refractivity contribution is 5.77. The molecule has 0 aromatic carbocycles. The van der Waals surface area contributed by atoms with Gasteiger partial charge in [-0.15, -0.1) is 0 Å². The van der Waals surface area contributed by atoms with Gasteiger partial charge in [0.15, 0.2) is 0 Å². The summed E-state index contributed by atoms with van der Waals surface area (Å²) in [6, 6.07) is 0.760. The van der Waals surface area contributed by atoms with Crippen molar-refractivity contribution in [2.45, 2.75) is 63.5 Å². The van der Waals surface area contributed by atoms with Crippen molar-refractivity contribution in [3.05, 3.63) is 0 Å². The van der Waals surface area contributed by atoms with Crippen LogP contribution in [0.25, 0.3) is 0 Å². The molecular formula is C16H28N2O2. The number of morpholine rings is 1. The molecule has 1 saturated carbocycles. The van der Waals surface area contributed by atoms with Crippen LogP contribution in [0, 0.1) is 5.92 Å². The van der Waals surface area contributed by atoms with Crippen molar-refractivity contribution in [2.24, 2.45) is 5.92 Å². The summed E-state index contributed by atoms with van der Waals surface area (Å²) in [5.41, 5.74) is 0. The van der Waals surface area contributed by atoms with E-state index in [1.807, 2.05) is 0 Å². The SMILES string of the molecule is O=C(CC1COCCN1)N1CCCC1C1CCCCC1. The quantitative estimate of drug-likeness (QED) is 0.859. The van der Waals surface area contributed by atoms with E-state index in [2.05, 4.69) is 10.2 Å². The standard InChI is InChI=1S/C16H28N2O2/c19-16(11-14-12-20-10-8-17-14)18-9-4-7-15(18)13-5-2-1-3-6-13/h13-15,17H,1-12H2. The first-order valence-electron chi connectivity index (χ1n) is 8.45. The Hall–Kier alpha value is -0.610. The van der Waals surface area contributed by atoms with E-state index in [1.165, 1.54) is 44.9 Å². The van der Waals surface area contributed by atoms with Gasteiger partial charge < -0.3 is 15.0 Å². The van der Waals surface area contributed by atoms with Crippen molar-refractivity contribution in [2.75, 3.05) is 26.3 Å². The van der Waals surface area contributed by atoms with Gasteiger partial charge in [-0.25, -0.2) is 0 Å². The van der Waals surface area contributed by atoms with E-state index in [9.17, 15) is 4.79 Å². The molecule has 0 spiro atoms. The second kappa shape index (κ2) is 6.90. The fourth-order valence-corrected chi connectivity index (χ4v) is 4.19. The number of rotatable bonds is 3. The maximum Gasteiger partial charge on any atom is 0.224 e. The number of carbonyl (C=O) groups is 1. The third kappa shape index (κ3) is 3.34. The fourth-order valence-electron chi connectivity index (χ4n) is 4.19. The summed E-state index contributed by atoms with van der Waals surface area (Å²) in [5, 5.41) is 3.40. The number of likely N-dealkylation sites (tertiary alicyclic amines) is 1. The van der Waals surface area contributed by atoms with Crippen molar-refractivity contribution >= 4 is 5.91 Å². The normalized spacial score (nSPS) is 32.5. The van der Waals surface area contributed by atoms with E-state index in [0.29, 0.717) is 25.0 Å². The van der Waals surface area contributed by atoms with Crippen LogP contribution in [0.2, 0.25) is 0 Å². The van der Waals surface area contributed by atoms with Gasteiger partial charge in [-0.05, 0) is 31.6 Å². The summed E-state index contributed by atoms with van der Waals surface area (Å²) < 4.78 is 5.46. The minimum atomic E-state index is 0.226. The van der Waals surface area contributed by atoms with Crippen molar-refractivity contribution in [1.82, 2.24) is 10.2 Å². The zero-order valence-corrected chi connectivity index (χ0v) is 12.5. The molecule has 20 heavy (non-hydrogen) atoms. The molecule has 0 radical (unpaired) electrons. The van der Waals surface area contributed by atoms with Gasteiger partial charge in [0.1, 0.15) is 0 Å². The van der Waals surface area contributed by atoms with Crippen LogP contribution >= 0.6 is 0 Å². The Balaban J connectivity index is 1.55. The molecule has 114 valence electrons. The highest BCUT2D eigenvalue weighted by Gasteiger charge is 2.35. The molecule has 0 aromatic heterocycles. The molecule has 2 unspecified atom stereocenters. The molecule has 2 heterocycles. The molecule has 2 saturated heterocycles. The lowest BCUT2D eigenvalue weighted by atomic mass is 9.83. The van der Waals surface area contributed by atoms with Crippen molar-refractivity contribution in [3.63, 3.8) is 0 Å². The Morgan fingerprint density at radius 3 is 2.75 bits per heavy atom. The molecule has 3 rings (SSSR count). The lowest BCUT2D eigenvalue weighted by molar-refractivity contribution is -0.134. The Bertz CT molecular complexity index is 322. The van der Waals surface area contributed by atoms with Crippen LogP contribution in [0.1, 0.15) is 51.4 Å². The fraction of sp³-hybridized carbons (Fsp3) is 0.938. The number of nitrogens with one attached hydrogen (secondary N) is 1. The second-order valence-corrected chi connectivity index (χ2v) is 6.62. The zero-order chi connectivity index (χ0) is 13.8. The van der Waals surface area contributed by atoms with E-state index < -0.39 is 0 Å². The monoisotopic (exact) mass is 280 g/mol. The second-order valence-electron chi connectivity index (χ2n) is 6.62. The van der Waals surface area contributed by atoms with E-state index >= 15 is 0 Å². The van der Waals surface area contributed by atoms with E-state index in [1.54, 1.807) is 0 Å². The van der Waals surface area contributed by atoms with Gasteiger partial charge in [-0.2, -0.15) is 0 Å². The molecule has 1 aliphatic carbocycles. The van der Waals surface area contributed by atoms with Crippen molar-refractivity contribution < 1.29 is 9.53 Å². The average Bonchev–Trinajstić information content (AvgIpc) is 2.99. The van der Waals surface area contributed by atoms with Crippen LogP contribution < -0.4 is 5.32 Å². The summed E-state index contributed by atoms with van der Waals surface area (Å²) >= 11 is 0. The van der Waals surface area contributed by atoms with Crippen LogP contribution in [0.5, 0.6) is 0 Å². The van der Waals surface area contributed by atoms with Crippen molar-refractivity contribution in [3.8, 4) is 0 Å². The molecule has 4 heteroatoms. The Morgan fingerprint density at radius 1 is 1.15 bits per heavy atom. The highest BCUT2D eigenvalue weighted by atomic mass is 16.5. The van der Waals surface area contributed by atoms with Crippen molar-refractivity contribution in [1.29, 1.82) is 0 Å². The molecule has 1 N–H and O–H groups in total. The molecule has 1 amide bonds. The smallest absolute Gasteiger partial charge is 0.224 e. The first-order valence-corrected chi connectivity index (χ1v) is 8.45. The number of carbonyl (C=O) groups excluding carboxylic acids is 1. The minimum absolute atomic E-state index is 0.226. The maximum atomic E-state index is 12.6. The third-order valence-corrected chi connectivity index (χ3v) is 5.23. The molecule has 3 fully saturated rings. The third-order valence-electron chi connectivity index (χ3n) is 5.23. The minimum Gasteiger partial charge on any atom is -0.378 e. The molecule has 2 aliphatic heterocycles. The van der Waals surface area contributed by atoms with Crippen LogP contribution in [-0.2, 0) is 9.53 Å². The molecule has 4 nitrogen and oxygen atoms in total. The lowest BCUT2D eigenvalue weighted by Crippen LogP contribution is -2.47. The predicted octanol–water partition coefficient (Wildman–Crippen LogP) is 1.94. The van der Waals surface area contributed by atoms with E-state index in [-0.39, 0.29) is 6.04 Å². The Morgan fingerprint density at radius 2 is 2.00 bits per heavy atom.